The molecule has 1 aromatic heterocycles. The van der Waals surface area contributed by atoms with Gasteiger partial charge in [-0.25, -0.2) is 4.98 Å². The van der Waals surface area contributed by atoms with Gasteiger partial charge >= 0.3 is 0 Å². The van der Waals surface area contributed by atoms with Crippen LogP contribution in [0.5, 0.6) is 0 Å². The number of pyridine rings is 1. The Bertz CT molecular complexity index is 839. The third-order valence-corrected chi connectivity index (χ3v) is 3.42. The third kappa shape index (κ3) is 5.39. The molecule has 2 aromatic rings. The van der Waals surface area contributed by atoms with Crippen LogP contribution in [0, 0.1) is 6.92 Å². The van der Waals surface area contributed by atoms with E-state index in [9.17, 15) is 14.4 Å². The van der Waals surface area contributed by atoms with E-state index in [0.717, 1.165) is 5.56 Å². The van der Waals surface area contributed by atoms with Gasteiger partial charge in [0.2, 0.25) is 5.91 Å². The number of rotatable bonds is 5. The van der Waals surface area contributed by atoms with E-state index in [2.05, 4.69) is 15.6 Å². The molecule has 0 saturated heterocycles. The monoisotopic (exact) mass is 337 g/mol. The lowest BCUT2D eigenvalue weighted by atomic mass is 10.1. The van der Waals surface area contributed by atoms with Crippen LogP contribution in [0.25, 0.3) is 0 Å². The number of Topliss-reactive ketones (excluding diaryl/α,β-unsaturated/α-hetero) is 1. The van der Waals surface area contributed by atoms with Gasteiger partial charge in [0, 0.05) is 29.1 Å². The van der Waals surface area contributed by atoms with Crippen LogP contribution in [0.3, 0.4) is 0 Å². The van der Waals surface area contributed by atoms with Crippen LogP contribution in [0.15, 0.2) is 54.2 Å². The molecule has 6 nitrogen and oxygen atoms in total. The van der Waals surface area contributed by atoms with Gasteiger partial charge in [0.05, 0.1) is 0 Å². The van der Waals surface area contributed by atoms with E-state index in [1.165, 1.54) is 13.0 Å². The van der Waals surface area contributed by atoms with Crippen LogP contribution >= 0.6 is 0 Å². The SMILES string of the molecule is CC(=O)c1ccc(NC(=O)/C=C(\C)C(=O)Nc2cc(C)ccn2)cc1. The zero-order chi connectivity index (χ0) is 18.4. The van der Waals surface area contributed by atoms with Gasteiger partial charge < -0.3 is 10.6 Å². The molecule has 2 N–H and O–H groups in total. The van der Waals surface area contributed by atoms with Gasteiger partial charge in [0.15, 0.2) is 5.78 Å². The Morgan fingerprint density at radius 1 is 1.00 bits per heavy atom. The smallest absolute Gasteiger partial charge is 0.252 e. The summed E-state index contributed by atoms with van der Waals surface area (Å²) in [4.78, 5) is 39.4. The number of aromatic nitrogens is 1. The maximum absolute atomic E-state index is 12.1. The molecule has 0 saturated carbocycles. The van der Waals surface area contributed by atoms with Crippen molar-refractivity contribution in [3.63, 3.8) is 0 Å². The Morgan fingerprint density at radius 2 is 1.68 bits per heavy atom. The van der Waals surface area contributed by atoms with Crippen LogP contribution < -0.4 is 10.6 Å². The lowest BCUT2D eigenvalue weighted by Crippen LogP contribution is -2.16. The Balaban J connectivity index is 1.99. The molecule has 128 valence electrons. The van der Waals surface area contributed by atoms with E-state index in [0.29, 0.717) is 17.1 Å². The molecule has 0 unspecified atom stereocenters. The van der Waals surface area contributed by atoms with E-state index in [1.807, 2.05) is 13.0 Å². The summed E-state index contributed by atoms with van der Waals surface area (Å²) in [6.45, 7) is 4.91. The summed E-state index contributed by atoms with van der Waals surface area (Å²) in [6, 6.07) is 10.1. The van der Waals surface area contributed by atoms with Crippen molar-refractivity contribution in [2.75, 3.05) is 10.6 Å². The molecule has 6 heteroatoms. The first-order valence-electron chi connectivity index (χ1n) is 7.69. The van der Waals surface area contributed by atoms with Crippen LogP contribution in [0.4, 0.5) is 11.5 Å². The van der Waals surface area contributed by atoms with Crippen molar-refractivity contribution in [2.45, 2.75) is 20.8 Å². The van der Waals surface area contributed by atoms with Crippen LogP contribution in [0.1, 0.15) is 29.8 Å². The molecule has 0 aliphatic carbocycles. The molecule has 1 aromatic carbocycles. The summed E-state index contributed by atoms with van der Waals surface area (Å²) in [7, 11) is 0. The Labute approximate surface area is 146 Å². The maximum atomic E-state index is 12.1. The number of ketones is 1. The molecule has 0 spiro atoms. The highest BCUT2D eigenvalue weighted by Crippen LogP contribution is 2.11. The average Bonchev–Trinajstić information content (AvgIpc) is 2.55. The predicted octanol–water partition coefficient (Wildman–Crippen LogP) is 3.12. The van der Waals surface area contributed by atoms with Gasteiger partial charge in [0.1, 0.15) is 5.82 Å². The second-order valence-electron chi connectivity index (χ2n) is 5.62. The van der Waals surface area contributed by atoms with Gasteiger partial charge in [-0.1, -0.05) is 0 Å². The number of benzene rings is 1. The second-order valence-corrected chi connectivity index (χ2v) is 5.62. The molecule has 0 radical (unpaired) electrons. The number of carbonyl (C=O) groups is 3. The fourth-order valence-corrected chi connectivity index (χ4v) is 2.05. The first-order chi connectivity index (χ1) is 11.8. The summed E-state index contributed by atoms with van der Waals surface area (Å²) in [5.74, 6) is -0.450. The summed E-state index contributed by atoms with van der Waals surface area (Å²) < 4.78 is 0. The lowest BCUT2D eigenvalue weighted by Gasteiger charge is -2.06. The summed E-state index contributed by atoms with van der Waals surface area (Å²) in [6.07, 6.45) is 2.81. The van der Waals surface area contributed by atoms with Gasteiger partial charge in [-0.15, -0.1) is 0 Å². The number of amides is 2. The molecule has 0 fully saturated rings. The van der Waals surface area contributed by atoms with Gasteiger partial charge in [-0.05, 0) is 62.7 Å². The molecule has 0 atom stereocenters. The number of carbonyl (C=O) groups excluding carboxylic acids is 3. The normalized spacial score (nSPS) is 10.9. The van der Waals surface area contributed by atoms with Crippen LogP contribution in [0.2, 0.25) is 0 Å². The van der Waals surface area contributed by atoms with Crippen LogP contribution in [-0.4, -0.2) is 22.6 Å². The van der Waals surface area contributed by atoms with E-state index in [1.54, 1.807) is 43.5 Å². The van der Waals surface area contributed by atoms with Crippen molar-refractivity contribution >= 4 is 29.1 Å². The van der Waals surface area contributed by atoms with Crippen molar-refractivity contribution in [1.82, 2.24) is 4.98 Å². The average molecular weight is 337 g/mol. The topological polar surface area (TPSA) is 88.2 Å². The van der Waals surface area contributed by atoms with E-state index in [4.69, 9.17) is 0 Å². The molecule has 1 heterocycles. The molecule has 0 bridgehead atoms. The molecule has 25 heavy (non-hydrogen) atoms. The molecule has 0 aliphatic heterocycles. The number of hydrogen-bond donors (Lipinski definition) is 2. The first kappa shape index (κ1) is 18.1. The number of aryl methyl sites for hydroxylation is 1. The zero-order valence-electron chi connectivity index (χ0n) is 14.3. The Morgan fingerprint density at radius 3 is 2.28 bits per heavy atom. The number of nitrogens with one attached hydrogen (secondary N) is 2. The zero-order valence-corrected chi connectivity index (χ0v) is 14.3. The quantitative estimate of drug-likeness (QED) is 0.648. The summed E-state index contributed by atoms with van der Waals surface area (Å²) >= 11 is 0. The highest BCUT2D eigenvalue weighted by Gasteiger charge is 2.09. The maximum Gasteiger partial charge on any atom is 0.252 e. The van der Waals surface area contributed by atoms with Crippen molar-refractivity contribution in [1.29, 1.82) is 0 Å². The summed E-state index contributed by atoms with van der Waals surface area (Å²) in [5, 5.41) is 5.28. The van der Waals surface area contributed by atoms with E-state index < -0.39 is 11.8 Å². The minimum Gasteiger partial charge on any atom is -0.323 e. The molecule has 2 rings (SSSR count). The summed E-state index contributed by atoms with van der Waals surface area (Å²) in [5.41, 5.74) is 2.33. The highest BCUT2D eigenvalue weighted by molar-refractivity contribution is 6.09. The molecular formula is C19H19N3O3. The minimum absolute atomic E-state index is 0.0463. The largest absolute Gasteiger partial charge is 0.323 e. The third-order valence-electron chi connectivity index (χ3n) is 3.42. The number of nitrogens with zero attached hydrogens (tertiary/aromatic N) is 1. The second kappa shape index (κ2) is 8.01. The van der Waals surface area contributed by atoms with Gasteiger partial charge in [0.25, 0.3) is 5.91 Å². The molecule has 0 aliphatic rings. The number of anilines is 2. The van der Waals surface area contributed by atoms with Crippen molar-refractivity contribution in [3.8, 4) is 0 Å². The predicted molar refractivity (Wildman–Crippen MR) is 96.4 cm³/mol. The molecular weight excluding hydrogens is 318 g/mol. The Kier molecular flexibility index (Phi) is 5.79. The van der Waals surface area contributed by atoms with Crippen molar-refractivity contribution in [3.05, 3.63) is 65.4 Å². The fourth-order valence-electron chi connectivity index (χ4n) is 2.05. The van der Waals surface area contributed by atoms with Crippen molar-refractivity contribution < 1.29 is 14.4 Å². The van der Waals surface area contributed by atoms with E-state index >= 15 is 0 Å². The van der Waals surface area contributed by atoms with Crippen molar-refractivity contribution in [2.24, 2.45) is 0 Å². The van der Waals surface area contributed by atoms with E-state index in [-0.39, 0.29) is 11.4 Å². The first-order valence-corrected chi connectivity index (χ1v) is 7.69. The highest BCUT2D eigenvalue weighted by atomic mass is 16.2. The minimum atomic E-state index is -0.430. The lowest BCUT2D eigenvalue weighted by molar-refractivity contribution is -0.114. The standard InChI is InChI=1S/C19H19N3O3/c1-12-8-9-20-17(10-12)22-19(25)13(2)11-18(24)21-16-6-4-15(5-7-16)14(3)23/h4-11H,1-3H3,(H,21,24)(H,20,22,25)/b13-11+. The fraction of sp³-hybridized carbons (Fsp3) is 0.158. The van der Waals surface area contributed by atoms with Gasteiger partial charge in [-0.2, -0.15) is 0 Å². The Hall–Kier alpha value is -3.28. The molecule has 2 amide bonds. The number of hydrogen-bond acceptors (Lipinski definition) is 4. The van der Waals surface area contributed by atoms with Gasteiger partial charge in [-0.3, -0.25) is 14.4 Å². The van der Waals surface area contributed by atoms with Crippen LogP contribution in [-0.2, 0) is 9.59 Å².